The lowest BCUT2D eigenvalue weighted by Gasteiger charge is -2.14. The van der Waals surface area contributed by atoms with Gasteiger partial charge in [0.1, 0.15) is 5.75 Å². The van der Waals surface area contributed by atoms with Gasteiger partial charge in [0.25, 0.3) is 11.8 Å². The number of hydrogen-bond donors (Lipinski definition) is 1. The smallest absolute Gasteiger partial charge is 0.255 e. The number of carbonyl (C=O) groups is 2. The van der Waals surface area contributed by atoms with Crippen LogP contribution in [0.4, 0.5) is 5.69 Å². The highest BCUT2D eigenvalue weighted by Crippen LogP contribution is 2.19. The van der Waals surface area contributed by atoms with Gasteiger partial charge in [-0.15, -0.1) is 0 Å². The van der Waals surface area contributed by atoms with Gasteiger partial charge in [-0.2, -0.15) is 0 Å². The molecule has 0 aliphatic heterocycles. The Labute approximate surface area is 167 Å². The van der Waals surface area contributed by atoms with Crippen LogP contribution in [0.2, 0.25) is 0 Å². The van der Waals surface area contributed by atoms with Crippen molar-refractivity contribution in [3.05, 3.63) is 59.7 Å². The molecule has 28 heavy (non-hydrogen) atoms. The van der Waals surface area contributed by atoms with Crippen LogP contribution in [0.25, 0.3) is 0 Å². The molecule has 0 radical (unpaired) electrons. The second-order valence-electron chi connectivity index (χ2n) is 6.99. The summed E-state index contributed by atoms with van der Waals surface area (Å²) in [5.74, 6) is 0.346. The summed E-state index contributed by atoms with van der Waals surface area (Å²) >= 11 is 0. The monoisotopic (exact) mass is 382 g/mol. The molecule has 150 valence electrons. The molecule has 0 aromatic heterocycles. The molecule has 0 aliphatic carbocycles. The van der Waals surface area contributed by atoms with Gasteiger partial charge in [-0.1, -0.05) is 44.7 Å². The highest BCUT2D eigenvalue weighted by atomic mass is 16.5. The third kappa shape index (κ3) is 6.41. The van der Waals surface area contributed by atoms with Crippen LogP contribution >= 0.6 is 0 Å². The summed E-state index contributed by atoms with van der Waals surface area (Å²) in [6.45, 7) is 2.89. The molecule has 2 amide bonds. The first-order valence-corrected chi connectivity index (χ1v) is 9.87. The average molecular weight is 383 g/mol. The standard InChI is InChI=1S/C23H30N2O3/c1-4-5-6-7-10-17-28-19-15-13-18(14-16-19)22(26)24-21-12-9-8-11-20(21)23(27)25(2)3/h8-9,11-16H,4-7,10,17H2,1-3H3,(H,24,26). The van der Waals surface area contributed by atoms with Crippen LogP contribution in [0.3, 0.4) is 0 Å². The summed E-state index contributed by atoms with van der Waals surface area (Å²) in [7, 11) is 3.37. The van der Waals surface area contributed by atoms with E-state index in [0.717, 1.165) is 12.2 Å². The zero-order valence-electron chi connectivity index (χ0n) is 17.0. The summed E-state index contributed by atoms with van der Waals surface area (Å²) in [5.41, 5.74) is 1.48. The topological polar surface area (TPSA) is 58.6 Å². The lowest BCUT2D eigenvalue weighted by Crippen LogP contribution is -2.24. The van der Waals surface area contributed by atoms with Crippen LogP contribution < -0.4 is 10.1 Å². The molecule has 0 unspecified atom stereocenters. The fourth-order valence-electron chi connectivity index (χ4n) is 2.81. The molecule has 0 fully saturated rings. The number of nitrogens with zero attached hydrogens (tertiary/aromatic N) is 1. The molecule has 0 saturated carbocycles. The van der Waals surface area contributed by atoms with E-state index in [9.17, 15) is 9.59 Å². The van der Waals surface area contributed by atoms with Crippen LogP contribution in [0.1, 0.15) is 59.7 Å². The van der Waals surface area contributed by atoms with E-state index in [1.807, 2.05) is 0 Å². The minimum absolute atomic E-state index is 0.154. The van der Waals surface area contributed by atoms with E-state index in [-0.39, 0.29) is 11.8 Å². The van der Waals surface area contributed by atoms with Crippen molar-refractivity contribution < 1.29 is 14.3 Å². The summed E-state index contributed by atoms with van der Waals surface area (Å²) < 4.78 is 5.73. The molecule has 5 nitrogen and oxygen atoms in total. The molecule has 0 atom stereocenters. The van der Waals surface area contributed by atoms with Gasteiger partial charge >= 0.3 is 0 Å². The van der Waals surface area contributed by atoms with E-state index in [1.54, 1.807) is 62.6 Å². The van der Waals surface area contributed by atoms with Gasteiger partial charge in [-0.05, 0) is 42.8 Å². The van der Waals surface area contributed by atoms with E-state index in [2.05, 4.69) is 12.2 Å². The summed E-state index contributed by atoms with van der Waals surface area (Å²) in [5, 5.41) is 2.83. The lowest BCUT2D eigenvalue weighted by atomic mass is 10.1. The van der Waals surface area contributed by atoms with Crippen molar-refractivity contribution >= 4 is 17.5 Å². The van der Waals surface area contributed by atoms with E-state index in [1.165, 1.54) is 30.6 Å². The maximum Gasteiger partial charge on any atom is 0.255 e. The summed E-state index contributed by atoms with van der Waals surface area (Å²) in [4.78, 5) is 26.3. The number of amides is 2. The molecular weight excluding hydrogens is 352 g/mol. The maximum absolute atomic E-state index is 12.6. The Bertz CT molecular complexity index is 770. The van der Waals surface area contributed by atoms with E-state index in [4.69, 9.17) is 4.74 Å². The summed E-state index contributed by atoms with van der Waals surface area (Å²) in [6.07, 6.45) is 5.97. The zero-order chi connectivity index (χ0) is 20.4. The molecule has 2 aromatic rings. The SMILES string of the molecule is CCCCCCCOc1ccc(C(=O)Nc2ccccc2C(=O)N(C)C)cc1. The highest BCUT2D eigenvalue weighted by Gasteiger charge is 2.15. The van der Waals surface area contributed by atoms with Gasteiger partial charge in [0.15, 0.2) is 0 Å². The number of para-hydroxylation sites is 1. The van der Waals surface area contributed by atoms with E-state index >= 15 is 0 Å². The van der Waals surface area contributed by atoms with Gasteiger partial charge in [0.2, 0.25) is 0 Å². The van der Waals surface area contributed by atoms with Crippen molar-refractivity contribution in [3.63, 3.8) is 0 Å². The predicted octanol–water partition coefficient (Wildman–Crippen LogP) is 4.99. The van der Waals surface area contributed by atoms with Gasteiger partial charge in [0, 0.05) is 19.7 Å². The van der Waals surface area contributed by atoms with Crippen LogP contribution in [-0.4, -0.2) is 37.4 Å². The molecular formula is C23H30N2O3. The molecule has 0 spiro atoms. The van der Waals surface area contributed by atoms with Crippen molar-refractivity contribution in [2.75, 3.05) is 26.0 Å². The fourth-order valence-corrected chi connectivity index (χ4v) is 2.81. The second-order valence-corrected chi connectivity index (χ2v) is 6.99. The lowest BCUT2D eigenvalue weighted by molar-refractivity contribution is 0.0828. The number of benzene rings is 2. The van der Waals surface area contributed by atoms with Gasteiger partial charge in [0.05, 0.1) is 17.9 Å². The minimum atomic E-state index is -0.259. The molecule has 0 saturated heterocycles. The molecule has 5 heteroatoms. The summed E-state index contributed by atoms with van der Waals surface area (Å²) in [6, 6.07) is 14.1. The molecule has 2 aromatic carbocycles. The Morgan fingerprint density at radius 1 is 0.929 bits per heavy atom. The number of unbranched alkanes of at least 4 members (excludes halogenated alkanes) is 4. The van der Waals surface area contributed by atoms with Crippen LogP contribution in [0, 0.1) is 0 Å². The molecule has 0 bridgehead atoms. The third-order valence-corrected chi connectivity index (χ3v) is 4.44. The number of hydrogen-bond acceptors (Lipinski definition) is 3. The fraction of sp³-hybridized carbons (Fsp3) is 0.391. The predicted molar refractivity (Wildman–Crippen MR) is 113 cm³/mol. The number of carbonyl (C=O) groups excluding carboxylic acids is 2. The number of rotatable bonds is 10. The van der Waals surface area contributed by atoms with Crippen molar-refractivity contribution in [2.45, 2.75) is 39.0 Å². The van der Waals surface area contributed by atoms with Crippen molar-refractivity contribution in [1.29, 1.82) is 0 Å². The van der Waals surface area contributed by atoms with Crippen LogP contribution in [0.15, 0.2) is 48.5 Å². The highest BCUT2D eigenvalue weighted by molar-refractivity contribution is 6.08. The first-order chi connectivity index (χ1) is 13.5. The Morgan fingerprint density at radius 2 is 1.61 bits per heavy atom. The number of nitrogens with one attached hydrogen (secondary N) is 1. The largest absolute Gasteiger partial charge is 0.494 e. The first kappa shape index (κ1) is 21.5. The number of anilines is 1. The van der Waals surface area contributed by atoms with Crippen molar-refractivity contribution in [2.24, 2.45) is 0 Å². The molecule has 1 N–H and O–H groups in total. The minimum Gasteiger partial charge on any atom is -0.494 e. The average Bonchev–Trinajstić information content (AvgIpc) is 2.71. The zero-order valence-corrected chi connectivity index (χ0v) is 17.0. The normalized spacial score (nSPS) is 10.4. The quantitative estimate of drug-likeness (QED) is 0.589. The Kier molecular flexibility index (Phi) is 8.53. The van der Waals surface area contributed by atoms with E-state index < -0.39 is 0 Å². The Balaban J connectivity index is 1.92. The van der Waals surface area contributed by atoms with Crippen LogP contribution in [-0.2, 0) is 0 Å². The Hall–Kier alpha value is -2.82. The number of ether oxygens (including phenoxy) is 1. The van der Waals surface area contributed by atoms with E-state index in [0.29, 0.717) is 23.4 Å². The second kappa shape index (κ2) is 11.1. The van der Waals surface area contributed by atoms with Gasteiger partial charge in [-0.3, -0.25) is 9.59 Å². The van der Waals surface area contributed by atoms with Crippen LogP contribution in [0.5, 0.6) is 5.75 Å². The van der Waals surface area contributed by atoms with Gasteiger partial charge < -0.3 is 15.0 Å². The van der Waals surface area contributed by atoms with Crippen molar-refractivity contribution in [3.8, 4) is 5.75 Å². The first-order valence-electron chi connectivity index (χ1n) is 9.87. The Morgan fingerprint density at radius 3 is 2.29 bits per heavy atom. The third-order valence-electron chi connectivity index (χ3n) is 4.44. The molecule has 0 heterocycles. The molecule has 0 aliphatic rings. The maximum atomic E-state index is 12.6. The molecule has 2 rings (SSSR count). The van der Waals surface area contributed by atoms with Crippen molar-refractivity contribution in [1.82, 2.24) is 4.90 Å². The van der Waals surface area contributed by atoms with Gasteiger partial charge in [-0.25, -0.2) is 0 Å².